The fourth-order valence-electron chi connectivity index (χ4n) is 3.72. The van der Waals surface area contributed by atoms with Crippen LogP contribution >= 0.6 is 0 Å². The van der Waals surface area contributed by atoms with E-state index < -0.39 is 0 Å². The molecule has 0 bridgehead atoms. The first-order chi connectivity index (χ1) is 12.3. The minimum absolute atomic E-state index is 0.169. The van der Waals surface area contributed by atoms with Gasteiger partial charge >= 0.3 is 0 Å². The predicted molar refractivity (Wildman–Crippen MR) is 97.2 cm³/mol. The van der Waals surface area contributed by atoms with Gasteiger partial charge in [-0.2, -0.15) is 5.10 Å². The van der Waals surface area contributed by atoms with E-state index in [1.165, 1.54) is 5.56 Å². The second-order valence-electron chi connectivity index (χ2n) is 6.96. The van der Waals surface area contributed by atoms with Gasteiger partial charge in [-0.05, 0) is 12.0 Å². The average molecular weight is 339 g/mol. The normalized spacial score (nSPS) is 21.0. The zero-order valence-electron chi connectivity index (χ0n) is 14.4. The SMILES string of the molecule is O=C1CCCN1C[C@H](NC[C@H]1CNc2ccnn2C1)c1ccccc1. The average Bonchev–Trinajstić information content (AvgIpc) is 3.27. The number of carbonyl (C=O) groups excluding carboxylic acids is 1. The topological polar surface area (TPSA) is 62.2 Å². The van der Waals surface area contributed by atoms with Gasteiger partial charge in [-0.1, -0.05) is 30.3 Å². The van der Waals surface area contributed by atoms with Gasteiger partial charge in [0.2, 0.25) is 5.91 Å². The lowest BCUT2D eigenvalue weighted by molar-refractivity contribution is -0.128. The van der Waals surface area contributed by atoms with Crippen LogP contribution in [-0.2, 0) is 11.3 Å². The summed E-state index contributed by atoms with van der Waals surface area (Å²) in [5, 5.41) is 11.5. The number of hydrogen-bond acceptors (Lipinski definition) is 4. The van der Waals surface area contributed by atoms with Crippen LogP contribution in [0.5, 0.6) is 0 Å². The summed E-state index contributed by atoms with van der Waals surface area (Å²) in [6, 6.07) is 12.6. The quantitative estimate of drug-likeness (QED) is 0.843. The lowest BCUT2D eigenvalue weighted by atomic mass is 10.0. The van der Waals surface area contributed by atoms with Crippen molar-refractivity contribution in [2.75, 3.05) is 31.5 Å². The van der Waals surface area contributed by atoms with Gasteiger partial charge in [-0.15, -0.1) is 0 Å². The summed E-state index contributed by atoms with van der Waals surface area (Å²) >= 11 is 0. The first-order valence-electron chi connectivity index (χ1n) is 9.11. The summed E-state index contributed by atoms with van der Waals surface area (Å²) in [6.45, 7) is 4.39. The van der Waals surface area contributed by atoms with Crippen molar-refractivity contribution in [2.24, 2.45) is 5.92 Å². The van der Waals surface area contributed by atoms with Crippen LogP contribution in [0, 0.1) is 5.92 Å². The van der Waals surface area contributed by atoms with Gasteiger partial charge in [-0.3, -0.25) is 4.79 Å². The molecule has 3 heterocycles. The predicted octanol–water partition coefficient (Wildman–Crippen LogP) is 1.88. The van der Waals surface area contributed by atoms with E-state index in [9.17, 15) is 4.79 Å². The molecule has 6 nitrogen and oxygen atoms in total. The summed E-state index contributed by atoms with van der Waals surface area (Å²) in [5.74, 6) is 1.86. The maximum Gasteiger partial charge on any atom is 0.222 e. The molecule has 1 aromatic carbocycles. The monoisotopic (exact) mass is 339 g/mol. The minimum atomic E-state index is 0.169. The number of aromatic nitrogens is 2. The Kier molecular flexibility index (Phi) is 4.70. The molecule has 0 spiro atoms. The summed E-state index contributed by atoms with van der Waals surface area (Å²) in [4.78, 5) is 14.0. The van der Waals surface area contributed by atoms with E-state index in [-0.39, 0.29) is 11.9 Å². The summed E-state index contributed by atoms with van der Waals surface area (Å²) in [7, 11) is 0. The fourth-order valence-corrected chi connectivity index (χ4v) is 3.72. The van der Waals surface area contributed by atoms with Crippen molar-refractivity contribution < 1.29 is 4.79 Å². The Morgan fingerprint density at radius 2 is 2.16 bits per heavy atom. The standard InChI is InChI=1S/C19H25N5O/c25-19-7-4-10-23(19)14-17(16-5-2-1-3-6-16)20-11-15-12-21-18-8-9-22-24(18)13-15/h1-3,5-6,8-9,15,17,20-21H,4,7,10-14H2/t15-,17-/m0/s1. The molecular formula is C19H25N5O. The Morgan fingerprint density at radius 1 is 1.28 bits per heavy atom. The molecule has 25 heavy (non-hydrogen) atoms. The maximum atomic E-state index is 12.0. The highest BCUT2D eigenvalue weighted by Crippen LogP contribution is 2.20. The molecular weight excluding hydrogens is 314 g/mol. The van der Waals surface area contributed by atoms with Crippen LogP contribution in [0.15, 0.2) is 42.6 Å². The van der Waals surface area contributed by atoms with Crippen LogP contribution in [0.3, 0.4) is 0 Å². The highest BCUT2D eigenvalue weighted by Gasteiger charge is 2.25. The van der Waals surface area contributed by atoms with Gasteiger partial charge in [-0.25, -0.2) is 4.68 Å². The number of anilines is 1. The van der Waals surface area contributed by atoms with Crippen LogP contribution in [0.1, 0.15) is 24.4 Å². The zero-order chi connectivity index (χ0) is 17.1. The number of amides is 1. The largest absolute Gasteiger partial charge is 0.370 e. The minimum Gasteiger partial charge on any atom is -0.370 e. The number of hydrogen-bond donors (Lipinski definition) is 2. The molecule has 0 saturated carbocycles. The van der Waals surface area contributed by atoms with Gasteiger partial charge in [0.15, 0.2) is 0 Å². The second kappa shape index (κ2) is 7.27. The molecule has 6 heteroatoms. The van der Waals surface area contributed by atoms with E-state index in [4.69, 9.17) is 0 Å². The number of fused-ring (bicyclic) bond motifs is 1. The van der Waals surface area contributed by atoms with Crippen LogP contribution in [-0.4, -0.2) is 46.8 Å². The fraction of sp³-hybridized carbons (Fsp3) is 0.474. The maximum absolute atomic E-state index is 12.0. The number of benzene rings is 1. The third kappa shape index (κ3) is 3.69. The first kappa shape index (κ1) is 16.1. The molecule has 0 unspecified atom stereocenters. The molecule has 1 saturated heterocycles. The molecule has 132 valence electrons. The summed E-state index contributed by atoms with van der Waals surface area (Å²) in [6.07, 6.45) is 3.51. The Hall–Kier alpha value is -2.34. The molecule has 4 rings (SSSR count). The molecule has 0 radical (unpaired) electrons. The van der Waals surface area contributed by atoms with E-state index in [2.05, 4.69) is 40.0 Å². The van der Waals surface area contributed by atoms with Crippen molar-refractivity contribution in [3.8, 4) is 0 Å². The molecule has 1 amide bonds. The van der Waals surface area contributed by atoms with Gasteiger partial charge in [0.1, 0.15) is 5.82 Å². The number of rotatable bonds is 6. The number of likely N-dealkylation sites (tertiary alicyclic amines) is 1. The van der Waals surface area contributed by atoms with Crippen LogP contribution in [0.25, 0.3) is 0 Å². The second-order valence-corrected chi connectivity index (χ2v) is 6.96. The highest BCUT2D eigenvalue weighted by molar-refractivity contribution is 5.78. The van der Waals surface area contributed by atoms with Crippen molar-refractivity contribution >= 4 is 11.7 Å². The molecule has 0 aliphatic carbocycles. The number of nitrogens with one attached hydrogen (secondary N) is 2. The van der Waals surface area contributed by atoms with Crippen LogP contribution in [0.4, 0.5) is 5.82 Å². The van der Waals surface area contributed by atoms with E-state index in [1.807, 2.05) is 27.9 Å². The number of nitrogens with zero attached hydrogens (tertiary/aromatic N) is 3. The zero-order valence-corrected chi connectivity index (χ0v) is 14.4. The van der Waals surface area contributed by atoms with Crippen molar-refractivity contribution in [1.82, 2.24) is 20.0 Å². The molecule has 1 aromatic heterocycles. The summed E-state index contributed by atoms with van der Waals surface area (Å²) in [5.41, 5.74) is 1.24. The van der Waals surface area contributed by atoms with Gasteiger partial charge in [0.05, 0.1) is 6.20 Å². The summed E-state index contributed by atoms with van der Waals surface area (Å²) < 4.78 is 2.03. The van der Waals surface area contributed by atoms with Crippen molar-refractivity contribution in [3.05, 3.63) is 48.2 Å². The molecule has 2 aromatic rings. The number of carbonyl (C=O) groups is 1. The van der Waals surface area contributed by atoms with Gasteiger partial charge in [0.25, 0.3) is 0 Å². The van der Waals surface area contributed by atoms with Crippen molar-refractivity contribution in [1.29, 1.82) is 0 Å². The van der Waals surface area contributed by atoms with Gasteiger partial charge < -0.3 is 15.5 Å². The van der Waals surface area contributed by atoms with E-state index in [0.717, 1.165) is 45.0 Å². The highest BCUT2D eigenvalue weighted by atomic mass is 16.2. The molecule has 1 fully saturated rings. The van der Waals surface area contributed by atoms with E-state index in [0.29, 0.717) is 12.3 Å². The first-order valence-corrected chi connectivity index (χ1v) is 9.11. The third-order valence-corrected chi connectivity index (χ3v) is 5.15. The smallest absolute Gasteiger partial charge is 0.222 e. The Morgan fingerprint density at radius 3 is 2.96 bits per heavy atom. The van der Waals surface area contributed by atoms with E-state index in [1.54, 1.807) is 0 Å². The molecule has 2 N–H and O–H groups in total. The van der Waals surface area contributed by atoms with E-state index >= 15 is 0 Å². The molecule has 2 aliphatic heterocycles. The van der Waals surface area contributed by atoms with Crippen molar-refractivity contribution in [3.63, 3.8) is 0 Å². The lowest BCUT2D eigenvalue weighted by Gasteiger charge is -2.29. The van der Waals surface area contributed by atoms with Gasteiger partial charge in [0, 0.05) is 57.2 Å². The Balaban J connectivity index is 1.41. The third-order valence-electron chi connectivity index (χ3n) is 5.15. The lowest BCUT2D eigenvalue weighted by Crippen LogP contribution is -2.41. The molecule has 2 atom stereocenters. The molecule has 2 aliphatic rings. The van der Waals surface area contributed by atoms with Crippen molar-refractivity contribution in [2.45, 2.75) is 25.4 Å². The van der Waals surface area contributed by atoms with Crippen LogP contribution in [0.2, 0.25) is 0 Å². The Bertz CT molecular complexity index is 714. The van der Waals surface area contributed by atoms with Crippen LogP contribution < -0.4 is 10.6 Å². The Labute approximate surface area is 148 Å².